The van der Waals surface area contributed by atoms with Gasteiger partial charge in [-0.25, -0.2) is 0 Å². The van der Waals surface area contributed by atoms with Crippen molar-refractivity contribution in [2.45, 2.75) is 12.6 Å². The van der Waals surface area contributed by atoms with E-state index in [0.29, 0.717) is 16.3 Å². The van der Waals surface area contributed by atoms with Crippen LogP contribution in [0.1, 0.15) is 11.1 Å². The second-order valence-corrected chi connectivity index (χ2v) is 4.76. The van der Waals surface area contributed by atoms with Crippen molar-refractivity contribution in [1.82, 2.24) is 0 Å². The number of halogens is 4. The lowest BCUT2D eigenvalue weighted by molar-refractivity contribution is -0.137. The number of aliphatic carboxylic acids is 1. The first-order chi connectivity index (χ1) is 10.2. The minimum Gasteiger partial charge on any atom is -0.481 e. The minimum absolute atomic E-state index is 0.266. The number of alkyl halides is 3. The van der Waals surface area contributed by atoms with E-state index >= 15 is 0 Å². The Morgan fingerprint density at radius 1 is 1.14 bits per heavy atom. The number of carboxylic acids is 1. The summed E-state index contributed by atoms with van der Waals surface area (Å²) in [6, 6.07) is 11.2. The average Bonchev–Trinajstić information content (AvgIpc) is 2.38. The minimum atomic E-state index is -4.37. The van der Waals surface area contributed by atoms with Gasteiger partial charge in [-0.2, -0.15) is 13.2 Å². The Morgan fingerprint density at radius 2 is 1.73 bits per heavy atom. The van der Waals surface area contributed by atoms with Crippen molar-refractivity contribution in [2.24, 2.45) is 0 Å². The highest BCUT2D eigenvalue weighted by molar-refractivity contribution is 6.30. The topological polar surface area (TPSA) is 63.3 Å². The Hall–Kier alpha value is -2.21. The van der Waals surface area contributed by atoms with E-state index in [1.54, 1.807) is 18.2 Å². The molecule has 0 aliphatic carbocycles. The van der Waals surface area contributed by atoms with Crippen LogP contribution >= 0.6 is 11.6 Å². The Balaban J connectivity index is 0.000000255. The molecule has 0 saturated carbocycles. The van der Waals surface area contributed by atoms with Crippen LogP contribution < -0.4 is 5.73 Å². The van der Waals surface area contributed by atoms with Crippen molar-refractivity contribution in [1.29, 1.82) is 0 Å². The molecule has 2 aromatic carbocycles. The van der Waals surface area contributed by atoms with E-state index in [4.69, 9.17) is 22.4 Å². The quantitative estimate of drug-likeness (QED) is 0.808. The molecule has 0 spiro atoms. The number of rotatable bonds is 2. The van der Waals surface area contributed by atoms with Gasteiger partial charge in [0.2, 0.25) is 0 Å². The molecular weight excluding hydrogens is 319 g/mol. The lowest BCUT2D eigenvalue weighted by atomic mass is 10.1. The van der Waals surface area contributed by atoms with Gasteiger partial charge in [0.15, 0.2) is 0 Å². The number of nitrogen functional groups attached to an aromatic ring is 1. The summed E-state index contributed by atoms with van der Waals surface area (Å²) in [6.07, 6.45) is -4.64. The van der Waals surface area contributed by atoms with Crippen molar-refractivity contribution in [3.8, 4) is 0 Å². The normalized spacial score (nSPS) is 10.5. The van der Waals surface area contributed by atoms with E-state index in [2.05, 4.69) is 0 Å². The molecule has 3 N–H and O–H groups in total. The molecule has 0 fully saturated rings. The molecule has 3 nitrogen and oxygen atoms in total. The van der Waals surface area contributed by atoms with Crippen LogP contribution in [0, 0.1) is 0 Å². The van der Waals surface area contributed by atoms with Crippen LogP contribution in [-0.2, 0) is 17.4 Å². The molecule has 7 heteroatoms. The van der Waals surface area contributed by atoms with Gasteiger partial charge in [-0.05, 0) is 35.9 Å². The summed E-state index contributed by atoms with van der Waals surface area (Å²) >= 11 is 5.56. The van der Waals surface area contributed by atoms with Crippen molar-refractivity contribution in [3.05, 3.63) is 64.7 Å². The van der Waals surface area contributed by atoms with Crippen molar-refractivity contribution in [2.75, 3.05) is 5.73 Å². The number of hydrogen-bond acceptors (Lipinski definition) is 2. The predicted octanol–water partition coefficient (Wildman–Crippen LogP) is 4.25. The van der Waals surface area contributed by atoms with Crippen LogP contribution in [0.3, 0.4) is 0 Å². The maximum atomic E-state index is 12.1. The summed E-state index contributed by atoms with van der Waals surface area (Å²) in [7, 11) is 0. The van der Waals surface area contributed by atoms with Crippen LogP contribution in [0.2, 0.25) is 5.02 Å². The van der Waals surface area contributed by atoms with Gasteiger partial charge < -0.3 is 10.8 Å². The van der Waals surface area contributed by atoms with Crippen LogP contribution in [0.4, 0.5) is 18.9 Å². The van der Waals surface area contributed by atoms with Gasteiger partial charge in [-0.15, -0.1) is 0 Å². The molecule has 0 aliphatic heterocycles. The molecule has 0 radical (unpaired) electrons. The highest BCUT2D eigenvalue weighted by Gasteiger charge is 2.29. The lowest BCUT2D eigenvalue weighted by Crippen LogP contribution is -2.05. The summed E-state index contributed by atoms with van der Waals surface area (Å²) in [5.74, 6) is -1.07. The first-order valence-corrected chi connectivity index (χ1v) is 6.45. The van der Waals surface area contributed by atoms with Gasteiger partial charge in [0.05, 0.1) is 12.0 Å². The summed E-state index contributed by atoms with van der Waals surface area (Å²) in [4.78, 5) is 10.2. The molecule has 0 aliphatic rings. The molecule has 0 aromatic heterocycles. The van der Waals surface area contributed by atoms with E-state index < -0.39 is 17.7 Å². The summed E-state index contributed by atoms with van der Waals surface area (Å²) < 4.78 is 36.2. The molecule has 0 unspecified atom stereocenters. The molecular formula is C15H13ClF3NO2. The fourth-order valence-corrected chi connectivity index (χ4v) is 1.69. The average molecular weight is 332 g/mol. The lowest BCUT2D eigenvalue weighted by Gasteiger charge is -2.06. The van der Waals surface area contributed by atoms with Gasteiger partial charge >= 0.3 is 12.1 Å². The van der Waals surface area contributed by atoms with Gasteiger partial charge in [-0.3, -0.25) is 4.79 Å². The third-order valence-electron chi connectivity index (χ3n) is 2.49. The van der Waals surface area contributed by atoms with E-state index in [-0.39, 0.29) is 6.42 Å². The zero-order chi connectivity index (χ0) is 16.8. The van der Waals surface area contributed by atoms with Crippen molar-refractivity contribution < 1.29 is 23.1 Å². The smallest absolute Gasteiger partial charge is 0.416 e. The number of benzene rings is 2. The van der Waals surface area contributed by atoms with Crippen LogP contribution in [0.15, 0.2) is 48.5 Å². The van der Waals surface area contributed by atoms with Crippen LogP contribution in [-0.4, -0.2) is 11.1 Å². The largest absolute Gasteiger partial charge is 0.481 e. The van der Waals surface area contributed by atoms with Crippen molar-refractivity contribution in [3.63, 3.8) is 0 Å². The van der Waals surface area contributed by atoms with E-state index in [1.165, 1.54) is 0 Å². The van der Waals surface area contributed by atoms with E-state index in [1.807, 2.05) is 6.07 Å². The molecule has 0 heterocycles. The summed E-state index contributed by atoms with van der Waals surface area (Å²) in [6.45, 7) is 0. The number of nitrogens with two attached hydrogens (primary N) is 1. The molecule has 0 atom stereocenters. The van der Waals surface area contributed by atoms with Crippen LogP contribution in [0.5, 0.6) is 0 Å². The van der Waals surface area contributed by atoms with E-state index in [9.17, 15) is 18.0 Å². The Kier molecular flexibility index (Phi) is 6.24. The standard InChI is InChI=1S/C9H7F3O2.C6H6ClN/c10-9(11,12)7-3-1-6(2-4-7)5-8(13)14;7-5-2-1-3-6(8)4-5/h1-4H,5H2,(H,13,14);1-4H,8H2. The molecule has 0 bridgehead atoms. The monoisotopic (exact) mass is 331 g/mol. The maximum Gasteiger partial charge on any atom is 0.416 e. The second kappa shape index (κ2) is 7.70. The number of carboxylic acid groups (broad SMARTS) is 1. The maximum absolute atomic E-state index is 12.1. The zero-order valence-corrected chi connectivity index (χ0v) is 12.0. The van der Waals surface area contributed by atoms with Gasteiger partial charge in [0.1, 0.15) is 0 Å². The Bertz CT molecular complexity index is 610. The fourth-order valence-electron chi connectivity index (χ4n) is 1.49. The first kappa shape index (κ1) is 17.8. The zero-order valence-electron chi connectivity index (χ0n) is 11.3. The Labute approximate surface area is 130 Å². The van der Waals surface area contributed by atoms with E-state index in [0.717, 1.165) is 24.3 Å². The number of anilines is 1. The SMILES string of the molecule is Nc1cccc(Cl)c1.O=C(O)Cc1ccc(C(F)(F)F)cc1. The fraction of sp³-hybridized carbons (Fsp3) is 0.133. The van der Waals surface area contributed by atoms with Gasteiger partial charge in [0, 0.05) is 10.7 Å². The second-order valence-electron chi connectivity index (χ2n) is 4.32. The molecule has 0 saturated heterocycles. The molecule has 2 rings (SSSR count). The molecule has 22 heavy (non-hydrogen) atoms. The summed E-state index contributed by atoms with van der Waals surface area (Å²) in [5.41, 5.74) is 5.66. The highest BCUT2D eigenvalue weighted by atomic mass is 35.5. The number of hydrogen-bond donors (Lipinski definition) is 2. The summed E-state index contributed by atoms with van der Waals surface area (Å²) in [5, 5.41) is 9.06. The third-order valence-corrected chi connectivity index (χ3v) is 2.72. The molecule has 0 amide bonds. The third kappa shape index (κ3) is 6.49. The highest BCUT2D eigenvalue weighted by Crippen LogP contribution is 2.29. The molecule has 2 aromatic rings. The number of carbonyl (C=O) groups is 1. The van der Waals surface area contributed by atoms with Crippen LogP contribution in [0.25, 0.3) is 0 Å². The molecule has 118 valence electrons. The van der Waals surface area contributed by atoms with Gasteiger partial charge in [0.25, 0.3) is 0 Å². The Morgan fingerprint density at radius 3 is 2.09 bits per heavy atom. The first-order valence-electron chi connectivity index (χ1n) is 6.07. The van der Waals surface area contributed by atoms with Crippen molar-refractivity contribution >= 4 is 23.3 Å². The predicted molar refractivity (Wildman–Crippen MR) is 78.6 cm³/mol. The van der Waals surface area contributed by atoms with Gasteiger partial charge in [-0.1, -0.05) is 29.8 Å².